The number of hydrogen-bond acceptors (Lipinski definition) is 2. The molecule has 1 heterocycles. The molecule has 58 valence electrons. The molecule has 1 fully saturated rings. The van der Waals surface area contributed by atoms with E-state index in [1.807, 2.05) is 6.92 Å². The first-order chi connectivity index (χ1) is 4.68. The van der Waals surface area contributed by atoms with Crippen LogP contribution in [0.2, 0.25) is 0 Å². The van der Waals surface area contributed by atoms with Crippen LogP contribution in [-0.4, -0.2) is 12.1 Å². The van der Waals surface area contributed by atoms with Crippen molar-refractivity contribution in [2.24, 2.45) is 5.92 Å². The van der Waals surface area contributed by atoms with E-state index < -0.39 is 0 Å². The van der Waals surface area contributed by atoms with Gasteiger partial charge in [0.1, 0.15) is 0 Å². The Balaban J connectivity index is 2.46. The van der Waals surface area contributed by atoms with E-state index in [4.69, 9.17) is 4.74 Å². The standard InChI is InChI=1S/C8H14O2/c1-6-3-4-7(2)10-8(9)5-6/h6-7H,3-5H2,1-2H3. The van der Waals surface area contributed by atoms with E-state index in [9.17, 15) is 4.79 Å². The summed E-state index contributed by atoms with van der Waals surface area (Å²) >= 11 is 0. The van der Waals surface area contributed by atoms with E-state index in [1.165, 1.54) is 0 Å². The van der Waals surface area contributed by atoms with Gasteiger partial charge in [0.15, 0.2) is 0 Å². The summed E-state index contributed by atoms with van der Waals surface area (Å²) in [7, 11) is 0. The quantitative estimate of drug-likeness (QED) is 0.481. The van der Waals surface area contributed by atoms with Gasteiger partial charge in [0.25, 0.3) is 0 Å². The highest BCUT2D eigenvalue weighted by Crippen LogP contribution is 2.18. The Labute approximate surface area is 61.6 Å². The van der Waals surface area contributed by atoms with Gasteiger partial charge >= 0.3 is 5.97 Å². The van der Waals surface area contributed by atoms with Crippen molar-refractivity contribution in [3.8, 4) is 0 Å². The highest BCUT2D eigenvalue weighted by Gasteiger charge is 2.18. The molecule has 0 aromatic carbocycles. The molecule has 2 nitrogen and oxygen atoms in total. The van der Waals surface area contributed by atoms with E-state index in [2.05, 4.69) is 6.92 Å². The van der Waals surface area contributed by atoms with Crippen molar-refractivity contribution in [2.45, 2.75) is 39.2 Å². The Hall–Kier alpha value is -0.530. The topological polar surface area (TPSA) is 26.3 Å². The molecule has 0 spiro atoms. The van der Waals surface area contributed by atoms with Crippen LogP contribution in [0.5, 0.6) is 0 Å². The van der Waals surface area contributed by atoms with Crippen molar-refractivity contribution in [1.82, 2.24) is 0 Å². The van der Waals surface area contributed by atoms with Crippen LogP contribution in [0.1, 0.15) is 33.1 Å². The summed E-state index contributed by atoms with van der Waals surface area (Å²) in [6, 6.07) is 0. The van der Waals surface area contributed by atoms with Crippen molar-refractivity contribution < 1.29 is 9.53 Å². The van der Waals surface area contributed by atoms with Gasteiger partial charge in [-0.05, 0) is 25.7 Å². The maximum Gasteiger partial charge on any atom is 0.306 e. The Kier molecular flexibility index (Phi) is 2.30. The Morgan fingerprint density at radius 1 is 1.40 bits per heavy atom. The Morgan fingerprint density at radius 2 is 2.10 bits per heavy atom. The number of ether oxygens (including phenoxy) is 1. The van der Waals surface area contributed by atoms with Gasteiger partial charge in [-0.15, -0.1) is 0 Å². The molecule has 1 saturated heterocycles. The average molecular weight is 142 g/mol. The van der Waals surface area contributed by atoms with Crippen molar-refractivity contribution in [2.75, 3.05) is 0 Å². The lowest BCUT2D eigenvalue weighted by atomic mass is 10.0. The van der Waals surface area contributed by atoms with Gasteiger partial charge in [-0.1, -0.05) is 6.92 Å². The first-order valence-corrected chi connectivity index (χ1v) is 3.88. The molecule has 2 atom stereocenters. The van der Waals surface area contributed by atoms with E-state index in [0.29, 0.717) is 12.3 Å². The summed E-state index contributed by atoms with van der Waals surface area (Å²) in [6.45, 7) is 4.05. The fourth-order valence-corrected chi connectivity index (χ4v) is 1.24. The van der Waals surface area contributed by atoms with E-state index >= 15 is 0 Å². The van der Waals surface area contributed by atoms with Crippen LogP contribution in [0.3, 0.4) is 0 Å². The smallest absolute Gasteiger partial charge is 0.306 e. The molecule has 0 aliphatic carbocycles. The van der Waals surface area contributed by atoms with Crippen LogP contribution in [0.15, 0.2) is 0 Å². The number of cyclic esters (lactones) is 1. The predicted molar refractivity (Wildman–Crippen MR) is 38.6 cm³/mol. The van der Waals surface area contributed by atoms with Crippen molar-refractivity contribution in [3.63, 3.8) is 0 Å². The molecule has 10 heavy (non-hydrogen) atoms. The van der Waals surface area contributed by atoms with Gasteiger partial charge < -0.3 is 4.74 Å². The van der Waals surface area contributed by atoms with E-state index in [1.54, 1.807) is 0 Å². The number of rotatable bonds is 0. The Morgan fingerprint density at radius 3 is 2.80 bits per heavy atom. The number of esters is 1. The molecular weight excluding hydrogens is 128 g/mol. The summed E-state index contributed by atoms with van der Waals surface area (Å²) in [6.07, 6.45) is 2.88. The molecule has 0 aromatic rings. The maximum absolute atomic E-state index is 10.9. The molecule has 0 aromatic heterocycles. The summed E-state index contributed by atoms with van der Waals surface area (Å²) in [4.78, 5) is 10.9. The van der Waals surface area contributed by atoms with Gasteiger partial charge in [0.2, 0.25) is 0 Å². The second kappa shape index (κ2) is 3.04. The molecule has 0 amide bonds. The monoisotopic (exact) mass is 142 g/mol. The minimum absolute atomic E-state index is 0.0301. The van der Waals surface area contributed by atoms with Crippen LogP contribution in [0.4, 0.5) is 0 Å². The lowest BCUT2D eigenvalue weighted by Gasteiger charge is -2.06. The third kappa shape index (κ3) is 2.01. The summed E-state index contributed by atoms with van der Waals surface area (Å²) < 4.78 is 5.04. The fraction of sp³-hybridized carbons (Fsp3) is 0.875. The highest BCUT2D eigenvalue weighted by molar-refractivity contribution is 5.70. The first-order valence-electron chi connectivity index (χ1n) is 3.88. The van der Waals surface area contributed by atoms with Crippen molar-refractivity contribution in [3.05, 3.63) is 0 Å². The molecule has 1 aliphatic heterocycles. The third-order valence-corrected chi connectivity index (χ3v) is 1.91. The second-order valence-corrected chi connectivity index (χ2v) is 3.19. The number of carbonyl (C=O) groups excluding carboxylic acids is 1. The molecule has 2 heteroatoms. The van der Waals surface area contributed by atoms with Crippen molar-refractivity contribution in [1.29, 1.82) is 0 Å². The molecule has 1 aliphatic rings. The first kappa shape index (κ1) is 7.58. The van der Waals surface area contributed by atoms with E-state index in [0.717, 1.165) is 12.8 Å². The molecule has 1 rings (SSSR count). The largest absolute Gasteiger partial charge is 0.463 e. The van der Waals surface area contributed by atoms with Gasteiger partial charge in [0, 0.05) is 6.42 Å². The minimum Gasteiger partial charge on any atom is -0.463 e. The molecule has 0 saturated carbocycles. The SMILES string of the molecule is CC1CCC(C)OC(=O)C1. The van der Waals surface area contributed by atoms with E-state index in [-0.39, 0.29) is 12.1 Å². The number of carbonyl (C=O) groups is 1. The second-order valence-electron chi connectivity index (χ2n) is 3.19. The maximum atomic E-state index is 10.9. The van der Waals surface area contributed by atoms with Gasteiger partial charge in [-0.2, -0.15) is 0 Å². The predicted octanol–water partition coefficient (Wildman–Crippen LogP) is 1.74. The minimum atomic E-state index is -0.0301. The van der Waals surface area contributed by atoms with Crippen LogP contribution < -0.4 is 0 Å². The third-order valence-electron chi connectivity index (χ3n) is 1.91. The summed E-state index contributed by atoms with van der Waals surface area (Å²) in [5, 5.41) is 0. The lowest BCUT2D eigenvalue weighted by Crippen LogP contribution is -2.10. The zero-order valence-corrected chi connectivity index (χ0v) is 6.59. The zero-order chi connectivity index (χ0) is 7.56. The summed E-state index contributed by atoms with van der Waals surface area (Å²) in [5.41, 5.74) is 0. The highest BCUT2D eigenvalue weighted by atomic mass is 16.5. The van der Waals surface area contributed by atoms with Gasteiger partial charge in [-0.25, -0.2) is 0 Å². The lowest BCUT2D eigenvalue weighted by molar-refractivity contribution is -0.147. The van der Waals surface area contributed by atoms with Crippen molar-refractivity contribution >= 4 is 5.97 Å². The normalized spacial score (nSPS) is 34.8. The molecular formula is C8H14O2. The van der Waals surface area contributed by atoms with Gasteiger partial charge in [0.05, 0.1) is 6.10 Å². The van der Waals surface area contributed by atoms with Crippen LogP contribution in [0, 0.1) is 5.92 Å². The van der Waals surface area contributed by atoms with Crippen LogP contribution >= 0.6 is 0 Å². The zero-order valence-electron chi connectivity index (χ0n) is 6.59. The van der Waals surface area contributed by atoms with Gasteiger partial charge in [-0.3, -0.25) is 4.79 Å². The molecule has 2 unspecified atom stereocenters. The number of hydrogen-bond donors (Lipinski definition) is 0. The fourth-order valence-electron chi connectivity index (χ4n) is 1.24. The summed E-state index contributed by atoms with van der Waals surface area (Å²) in [5.74, 6) is 0.481. The Bertz CT molecular complexity index is 117. The van der Waals surface area contributed by atoms with Crippen LogP contribution in [0.25, 0.3) is 0 Å². The van der Waals surface area contributed by atoms with Crippen LogP contribution in [-0.2, 0) is 9.53 Å². The molecule has 0 bridgehead atoms. The molecule has 0 radical (unpaired) electrons. The average Bonchev–Trinajstić information content (AvgIpc) is 1.93. The molecule has 0 N–H and O–H groups in total.